The summed E-state index contributed by atoms with van der Waals surface area (Å²) in [4.78, 5) is 39.3. The van der Waals surface area contributed by atoms with E-state index < -0.39 is 10.8 Å². The molecule has 0 fully saturated rings. The van der Waals surface area contributed by atoms with Gasteiger partial charge in [-0.25, -0.2) is 0 Å². The first-order valence-corrected chi connectivity index (χ1v) is 10.7. The third-order valence-corrected chi connectivity index (χ3v) is 5.46. The molecule has 1 aromatic heterocycles. The minimum absolute atomic E-state index is 0.0858. The molecule has 160 valence electrons. The third-order valence-electron chi connectivity index (χ3n) is 4.48. The number of aromatic nitrogens is 3. The van der Waals surface area contributed by atoms with Gasteiger partial charge in [0.2, 0.25) is 11.8 Å². The summed E-state index contributed by atoms with van der Waals surface area (Å²) in [5.74, 6) is -0.456. The van der Waals surface area contributed by atoms with Gasteiger partial charge in [-0.2, -0.15) is 0 Å². The van der Waals surface area contributed by atoms with Crippen molar-refractivity contribution in [2.45, 2.75) is 37.6 Å². The fourth-order valence-corrected chi connectivity index (χ4v) is 3.69. The largest absolute Gasteiger partial charge is 0.326 e. The van der Waals surface area contributed by atoms with E-state index in [9.17, 15) is 14.4 Å². The summed E-state index contributed by atoms with van der Waals surface area (Å²) in [5, 5.41) is 13.4. The Morgan fingerprint density at radius 1 is 1.03 bits per heavy atom. The Hall–Kier alpha value is -3.46. The van der Waals surface area contributed by atoms with Crippen molar-refractivity contribution in [2.24, 2.45) is 0 Å². The van der Waals surface area contributed by atoms with Crippen LogP contribution in [0.3, 0.4) is 0 Å². The number of carbonyl (C=O) groups is 2. The highest BCUT2D eigenvalue weighted by molar-refractivity contribution is 8.00. The van der Waals surface area contributed by atoms with E-state index in [0.29, 0.717) is 11.3 Å². The molecule has 1 heterocycles. The van der Waals surface area contributed by atoms with Crippen LogP contribution in [0.25, 0.3) is 11.3 Å². The highest BCUT2D eigenvalue weighted by Crippen LogP contribution is 2.25. The van der Waals surface area contributed by atoms with E-state index in [1.54, 1.807) is 31.2 Å². The zero-order chi connectivity index (χ0) is 22.4. The van der Waals surface area contributed by atoms with Gasteiger partial charge in [0.1, 0.15) is 0 Å². The molecule has 3 aromatic rings. The summed E-state index contributed by atoms with van der Waals surface area (Å²) in [5.41, 5.74) is 2.37. The molecule has 3 N–H and O–H groups in total. The van der Waals surface area contributed by atoms with E-state index in [1.165, 1.54) is 6.92 Å². The van der Waals surface area contributed by atoms with Gasteiger partial charge >= 0.3 is 0 Å². The third kappa shape index (κ3) is 5.58. The molecule has 2 amide bonds. The minimum Gasteiger partial charge on any atom is -0.326 e. The van der Waals surface area contributed by atoms with Crippen molar-refractivity contribution in [2.75, 3.05) is 10.6 Å². The van der Waals surface area contributed by atoms with Crippen LogP contribution >= 0.6 is 11.8 Å². The van der Waals surface area contributed by atoms with Gasteiger partial charge in [-0.1, -0.05) is 55.1 Å². The second-order valence-corrected chi connectivity index (χ2v) is 8.12. The molecule has 0 unspecified atom stereocenters. The maximum absolute atomic E-state index is 12.6. The molecule has 3 rings (SSSR count). The van der Waals surface area contributed by atoms with E-state index in [1.807, 2.05) is 31.2 Å². The Balaban J connectivity index is 1.76. The average Bonchev–Trinajstić information content (AvgIpc) is 2.74. The summed E-state index contributed by atoms with van der Waals surface area (Å²) in [6, 6.07) is 14.5. The van der Waals surface area contributed by atoms with Crippen LogP contribution in [0.4, 0.5) is 11.4 Å². The van der Waals surface area contributed by atoms with E-state index in [0.717, 1.165) is 29.4 Å². The molecule has 31 heavy (non-hydrogen) atoms. The topological polar surface area (TPSA) is 117 Å². The van der Waals surface area contributed by atoms with Crippen molar-refractivity contribution in [1.82, 2.24) is 15.2 Å². The fraction of sp³-hybridized carbons (Fsp3) is 0.227. The van der Waals surface area contributed by atoms with Crippen LogP contribution in [0.1, 0.15) is 26.3 Å². The van der Waals surface area contributed by atoms with Crippen LogP contribution in [-0.4, -0.2) is 32.2 Å². The number of para-hydroxylation sites is 2. The van der Waals surface area contributed by atoms with Crippen molar-refractivity contribution in [1.29, 1.82) is 0 Å². The number of amides is 2. The zero-order valence-electron chi connectivity index (χ0n) is 17.4. The highest BCUT2D eigenvalue weighted by atomic mass is 32.2. The van der Waals surface area contributed by atoms with Crippen molar-refractivity contribution < 1.29 is 9.59 Å². The van der Waals surface area contributed by atoms with E-state index in [-0.39, 0.29) is 22.7 Å². The number of carbonyl (C=O) groups excluding carboxylic acids is 2. The number of aryl methyl sites for hydroxylation is 1. The van der Waals surface area contributed by atoms with Crippen molar-refractivity contribution >= 4 is 35.0 Å². The molecule has 0 bridgehead atoms. The molecule has 0 aliphatic rings. The summed E-state index contributed by atoms with van der Waals surface area (Å²) in [6.07, 6.45) is 0.804. The maximum atomic E-state index is 12.6. The Bertz CT molecular complexity index is 1160. The lowest BCUT2D eigenvalue weighted by atomic mass is 10.1. The average molecular weight is 438 g/mol. The monoisotopic (exact) mass is 437 g/mol. The minimum atomic E-state index is -0.507. The zero-order valence-corrected chi connectivity index (χ0v) is 18.2. The van der Waals surface area contributed by atoms with Gasteiger partial charge in [0, 0.05) is 18.2 Å². The lowest BCUT2D eigenvalue weighted by Gasteiger charge is -2.14. The Morgan fingerprint density at radius 2 is 1.71 bits per heavy atom. The number of H-pyrrole nitrogens is 1. The lowest BCUT2D eigenvalue weighted by Crippen LogP contribution is -2.24. The molecule has 0 saturated heterocycles. The van der Waals surface area contributed by atoms with Crippen LogP contribution in [-0.2, 0) is 16.0 Å². The summed E-state index contributed by atoms with van der Waals surface area (Å²) in [7, 11) is 0. The molecule has 2 aromatic carbocycles. The predicted molar refractivity (Wildman–Crippen MR) is 122 cm³/mol. The van der Waals surface area contributed by atoms with Gasteiger partial charge in [-0.15, -0.1) is 10.2 Å². The standard InChI is InChI=1S/C22H23N5O3S/c1-4-15-9-5-7-11-17(15)24-20(29)13(2)31-22-25-21(30)19(26-27-22)16-10-6-8-12-18(16)23-14(3)28/h5-13H,4H2,1-3H3,(H,23,28)(H,24,29)(H,25,27,30)/t13-/m1/s1. The van der Waals surface area contributed by atoms with Gasteiger partial charge in [0.15, 0.2) is 10.9 Å². The number of rotatable bonds is 7. The number of nitrogens with zero attached hydrogens (tertiary/aromatic N) is 2. The molecule has 1 atom stereocenters. The summed E-state index contributed by atoms with van der Waals surface area (Å²) < 4.78 is 0. The van der Waals surface area contributed by atoms with Gasteiger partial charge in [0.25, 0.3) is 5.56 Å². The molecular formula is C22H23N5O3S. The Kier molecular flexibility index (Phi) is 7.19. The number of benzene rings is 2. The fourth-order valence-electron chi connectivity index (χ4n) is 2.95. The summed E-state index contributed by atoms with van der Waals surface area (Å²) >= 11 is 1.11. The number of anilines is 2. The first kappa shape index (κ1) is 22.2. The van der Waals surface area contributed by atoms with Crippen LogP contribution in [0.2, 0.25) is 0 Å². The van der Waals surface area contributed by atoms with Gasteiger partial charge in [0.05, 0.1) is 10.9 Å². The first-order valence-electron chi connectivity index (χ1n) is 9.78. The lowest BCUT2D eigenvalue weighted by molar-refractivity contribution is -0.115. The molecule has 8 nitrogen and oxygen atoms in total. The molecule has 0 saturated carbocycles. The van der Waals surface area contributed by atoms with Crippen molar-refractivity contribution in [3.05, 3.63) is 64.4 Å². The van der Waals surface area contributed by atoms with Crippen LogP contribution in [0.5, 0.6) is 0 Å². The SMILES string of the molecule is CCc1ccccc1NC(=O)[C@@H](C)Sc1nnc(-c2ccccc2NC(C)=O)c(=O)[nH]1. The second-order valence-electron chi connectivity index (χ2n) is 6.79. The van der Waals surface area contributed by atoms with Crippen molar-refractivity contribution in [3.8, 4) is 11.3 Å². The number of nitrogens with one attached hydrogen (secondary N) is 3. The number of aromatic amines is 1. The first-order chi connectivity index (χ1) is 14.9. The normalized spacial score (nSPS) is 11.6. The van der Waals surface area contributed by atoms with Crippen molar-refractivity contribution in [3.63, 3.8) is 0 Å². The molecule has 0 radical (unpaired) electrons. The van der Waals surface area contributed by atoms with E-state index in [4.69, 9.17) is 0 Å². The van der Waals surface area contributed by atoms with E-state index >= 15 is 0 Å². The number of thioether (sulfide) groups is 1. The molecular weight excluding hydrogens is 414 g/mol. The Morgan fingerprint density at radius 3 is 2.39 bits per heavy atom. The van der Waals surface area contributed by atoms with Gasteiger partial charge in [-0.05, 0) is 31.0 Å². The maximum Gasteiger partial charge on any atom is 0.278 e. The van der Waals surface area contributed by atoms with Gasteiger partial charge < -0.3 is 10.6 Å². The second kappa shape index (κ2) is 10.0. The number of hydrogen-bond acceptors (Lipinski definition) is 6. The predicted octanol–water partition coefficient (Wildman–Crippen LogP) is 3.47. The molecule has 0 aliphatic carbocycles. The van der Waals surface area contributed by atoms with Gasteiger partial charge in [-0.3, -0.25) is 19.4 Å². The molecule has 0 aliphatic heterocycles. The van der Waals surface area contributed by atoms with Crippen LogP contribution in [0, 0.1) is 0 Å². The molecule has 9 heteroatoms. The smallest absolute Gasteiger partial charge is 0.278 e. The highest BCUT2D eigenvalue weighted by Gasteiger charge is 2.19. The summed E-state index contributed by atoms with van der Waals surface area (Å²) in [6.45, 7) is 5.14. The number of hydrogen-bond donors (Lipinski definition) is 3. The van der Waals surface area contributed by atoms with Crippen LogP contribution in [0.15, 0.2) is 58.5 Å². The van der Waals surface area contributed by atoms with Crippen LogP contribution < -0.4 is 16.2 Å². The molecule has 0 spiro atoms. The Labute approximate surface area is 183 Å². The quantitative estimate of drug-likeness (QED) is 0.487. The van der Waals surface area contributed by atoms with E-state index in [2.05, 4.69) is 25.8 Å².